The Morgan fingerprint density at radius 1 is 1.45 bits per heavy atom. The number of amides is 1. The van der Waals surface area contributed by atoms with Crippen LogP contribution in [0.4, 0.5) is 4.79 Å². The van der Waals surface area contributed by atoms with Crippen LogP contribution in [0.5, 0.6) is 0 Å². The third-order valence-corrected chi connectivity index (χ3v) is 3.63. The Morgan fingerprint density at radius 3 is 2.90 bits per heavy atom. The molecule has 0 fully saturated rings. The normalized spacial score (nSPS) is 22.0. The molecule has 1 aromatic rings. The maximum atomic E-state index is 11.7. The molecule has 20 heavy (non-hydrogen) atoms. The number of ether oxygens (including phenoxy) is 1. The maximum Gasteiger partial charge on any atom is 0.407 e. The van der Waals surface area contributed by atoms with Crippen molar-refractivity contribution in [2.24, 2.45) is 0 Å². The summed E-state index contributed by atoms with van der Waals surface area (Å²) in [6, 6.07) is 4.13. The van der Waals surface area contributed by atoms with E-state index in [1.54, 1.807) is 0 Å². The van der Waals surface area contributed by atoms with Gasteiger partial charge in [0.15, 0.2) is 0 Å². The minimum Gasteiger partial charge on any atom is -0.444 e. The molecule has 1 aliphatic rings. The Kier molecular flexibility index (Phi) is 4.31. The van der Waals surface area contributed by atoms with Gasteiger partial charge in [0.25, 0.3) is 0 Å². The van der Waals surface area contributed by atoms with Crippen LogP contribution in [-0.4, -0.2) is 23.2 Å². The molecule has 0 unspecified atom stereocenters. The van der Waals surface area contributed by atoms with Crippen molar-refractivity contribution < 1.29 is 9.53 Å². The largest absolute Gasteiger partial charge is 0.444 e. The Labute approximate surface area is 120 Å². The van der Waals surface area contributed by atoms with E-state index in [1.807, 2.05) is 33.0 Å². The van der Waals surface area contributed by atoms with Gasteiger partial charge in [0.1, 0.15) is 5.60 Å². The van der Waals surface area contributed by atoms with Crippen LogP contribution in [0.1, 0.15) is 63.6 Å². The van der Waals surface area contributed by atoms with Crippen molar-refractivity contribution in [3.8, 4) is 0 Å². The second-order valence-electron chi connectivity index (χ2n) is 6.54. The number of carbonyl (C=O) groups excluding carboxylic acids is 1. The second kappa shape index (κ2) is 5.81. The molecule has 0 radical (unpaired) electrons. The number of nitrogens with one attached hydrogen (secondary N) is 1. The molecule has 1 aliphatic carbocycles. The summed E-state index contributed by atoms with van der Waals surface area (Å²) in [7, 11) is 0. The molecule has 0 aliphatic heterocycles. The molecule has 0 aromatic carbocycles. The van der Waals surface area contributed by atoms with E-state index >= 15 is 0 Å². The van der Waals surface area contributed by atoms with Crippen molar-refractivity contribution in [1.82, 2.24) is 10.3 Å². The van der Waals surface area contributed by atoms with Gasteiger partial charge < -0.3 is 10.1 Å². The fourth-order valence-electron chi connectivity index (χ4n) is 2.65. The molecule has 0 bridgehead atoms. The zero-order valence-corrected chi connectivity index (χ0v) is 12.8. The molecule has 0 saturated heterocycles. The number of hydrogen-bond donors (Lipinski definition) is 1. The van der Waals surface area contributed by atoms with Gasteiger partial charge in [0, 0.05) is 24.4 Å². The van der Waals surface area contributed by atoms with Crippen LogP contribution >= 0.6 is 0 Å². The average Bonchev–Trinajstić information content (AvgIpc) is 2.36. The minimum absolute atomic E-state index is 0.287. The number of alkyl carbamates (subject to hydrolysis) is 1. The summed E-state index contributed by atoms with van der Waals surface area (Å²) in [4.78, 5) is 16.2. The van der Waals surface area contributed by atoms with Gasteiger partial charge in [-0.1, -0.05) is 13.0 Å². The second-order valence-corrected chi connectivity index (χ2v) is 6.54. The van der Waals surface area contributed by atoms with E-state index in [4.69, 9.17) is 4.74 Å². The van der Waals surface area contributed by atoms with E-state index in [0.717, 1.165) is 18.5 Å². The minimum atomic E-state index is -0.457. The van der Waals surface area contributed by atoms with Gasteiger partial charge in [-0.15, -0.1) is 0 Å². The SMILES string of the molecule is C[C@@H]1CC[C@@H](CNC(=O)OC(C)(C)C)c2ncccc21. The number of carbonyl (C=O) groups is 1. The Hall–Kier alpha value is -1.58. The molecule has 1 amide bonds. The molecule has 110 valence electrons. The fraction of sp³-hybridized carbons (Fsp3) is 0.625. The quantitative estimate of drug-likeness (QED) is 0.898. The third kappa shape index (κ3) is 3.71. The summed E-state index contributed by atoms with van der Waals surface area (Å²) in [5, 5.41) is 2.86. The van der Waals surface area contributed by atoms with Gasteiger partial charge in [-0.25, -0.2) is 4.79 Å². The summed E-state index contributed by atoms with van der Waals surface area (Å²) in [5.74, 6) is 0.839. The van der Waals surface area contributed by atoms with Crippen LogP contribution in [0.15, 0.2) is 18.3 Å². The number of fused-ring (bicyclic) bond motifs is 1. The van der Waals surface area contributed by atoms with Crippen LogP contribution in [0, 0.1) is 0 Å². The summed E-state index contributed by atoms with van der Waals surface area (Å²) in [6.07, 6.45) is 3.67. The van der Waals surface area contributed by atoms with Crippen LogP contribution in [-0.2, 0) is 4.74 Å². The summed E-state index contributed by atoms with van der Waals surface area (Å²) < 4.78 is 5.27. The monoisotopic (exact) mass is 276 g/mol. The van der Waals surface area contributed by atoms with Crippen LogP contribution < -0.4 is 5.32 Å². The van der Waals surface area contributed by atoms with Crippen molar-refractivity contribution in [3.05, 3.63) is 29.6 Å². The highest BCUT2D eigenvalue weighted by atomic mass is 16.6. The average molecular weight is 276 g/mol. The third-order valence-electron chi connectivity index (χ3n) is 3.63. The molecular weight excluding hydrogens is 252 g/mol. The van der Waals surface area contributed by atoms with Gasteiger partial charge >= 0.3 is 6.09 Å². The number of pyridine rings is 1. The number of hydrogen-bond acceptors (Lipinski definition) is 3. The molecular formula is C16H24N2O2. The van der Waals surface area contributed by atoms with Gasteiger partial charge in [0.2, 0.25) is 0 Å². The fourth-order valence-corrected chi connectivity index (χ4v) is 2.65. The smallest absolute Gasteiger partial charge is 0.407 e. The van der Waals surface area contributed by atoms with Crippen molar-refractivity contribution in [2.75, 3.05) is 6.54 Å². The van der Waals surface area contributed by atoms with Crippen molar-refractivity contribution >= 4 is 6.09 Å². The molecule has 0 spiro atoms. The van der Waals surface area contributed by atoms with Gasteiger partial charge in [-0.2, -0.15) is 0 Å². The van der Waals surface area contributed by atoms with E-state index in [-0.39, 0.29) is 12.0 Å². The lowest BCUT2D eigenvalue weighted by molar-refractivity contribution is 0.0523. The summed E-state index contributed by atoms with van der Waals surface area (Å²) in [6.45, 7) is 8.42. The van der Waals surface area contributed by atoms with E-state index < -0.39 is 5.60 Å². The highest BCUT2D eigenvalue weighted by Crippen LogP contribution is 2.36. The van der Waals surface area contributed by atoms with Crippen molar-refractivity contribution in [1.29, 1.82) is 0 Å². The number of aromatic nitrogens is 1. The first-order valence-corrected chi connectivity index (χ1v) is 7.28. The topological polar surface area (TPSA) is 51.2 Å². The van der Waals surface area contributed by atoms with Gasteiger partial charge in [-0.05, 0) is 51.2 Å². The molecule has 1 aromatic heterocycles. The Morgan fingerprint density at radius 2 is 2.20 bits per heavy atom. The predicted molar refractivity (Wildman–Crippen MR) is 78.9 cm³/mol. The first-order valence-electron chi connectivity index (χ1n) is 7.28. The molecule has 2 rings (SSSR count). The highest BCUT2D eigenvalue weighted by molar-refractivity contribution is 5.67. The summed E-state index contributed by atoms with van der Waals surface area (Å²) in [5.41, 5.74) is 1.98. The molecule has 0 saturated carbocycles. The molecule has 4 heteroatoms. The lowest BCUT2D eigenvalue weighted by Gasteiger charge is -2.29. The van der Waals surface area contributed by atoms with Crippen molar-refractivity contribution in [3.63, 3.8) is 0 Å². The molecule has 1 N–H and O–H groups in total. The van der Waals surface area contributed by atoms with Gasteiger partial charge in [0.05, 0.1) is 0 Å². The van der Waals surface area contributed by atoms with E-state index in [1.165, 1.54) is 5.56 Å². The van der Waals surface area contributed by atoms with Crippen LogP contribution in [0.25, 0.3) is 0 Å². The van der Waals surface area contributed by atoms with Crippen LogP contribution in [0.2, 0.25) is 0 Å². The van der Waals surface area contributed by atoms with E-state index in [9.17, 15) is 4.79 Å². The standard InChI is InChI=1S/C16H24N2O2/c1-11-7-8-12(14-13(11)6-5-9-17-14)10-18-15(19)20-16(2,3)4/h5-6,9,11-12H,7-8,10H2,1-4H3,(H,18,19)/t11-,12+/m1/s1. The summed E-state index contributed by atoms with van der Waals surface area (Å²) >= 11 is 0. The van der Waals surface area contributed by atoms with E-state index in [2.05, 4.69) is 23.3 Å². The zero-order valence-electron chi connectivity index (χ0n) is 12.8. The van der Waals surface area contributed by atoms with Crippen LogP contribution in [0.3, 0.4) is 0 Å². The Bertz CT molecular complexity index is 480. The lowest BCUT2D eigenvalue weighted by atomic mass is 9.80. The first-order chi connectivity index (χ1) is 9.37. The van der Waals surface area contributed by atoms with Crippen molar-refractivity contribution in [2.45, 2.75) is 58.0 Å². The first kappa shape index (κ1) is 14.8. The highest BCUT2D eigenvalue weighted by Gasteiger charge is 2.26. The predicted octanol–water partition coefficient (Wildman–Crippen LogP) is 3.59. The Balaban J connectivity index is 1.98. The molecule has 2 atom stereocenters. The zero-order chi connectivity index (χ0) is 14.8. The molecule has 1 heterocycles. The van der Waals surface area contributed by atoms with Gasteiger partial charge in [-0.3, -0.25) is 4.98 Å². The number of rotatable bonds is 2. The maximum absolute atomic E-state index is 11.7. The molecule has 4 nitrogen and oxygen atoms in total. The van der Waals surface area contributed by atoms with E-state index in [0.29, 0.717) is 12.5 Å². The lowest BCUT2D eigenvalue weighted by Crippen LogP contribution is -2.35. The number of nitrogens with zero attached hydrogens (tertiary/aromatic N) is 1.